The van der Waals surface area contributed by atoms with E-state index in [-0.39, 0.29) is 12.1 Å². The van der Waals surface area contributed by atoms with Gasteiger partial charge in [0.1, 0.15) is 17.5 Å². The van der Waals surface area contributed by atoms with Crippen LogP contribution in [-0.4, -0.2) is 41.7 Å². The molecule has 0 spiro atoms. The Kier molecular flexibility index (Phi) is 6.01. The van der Waals surface area contributed by atoms with Crippen molar-refractivity contribution in [1.29, 1.82) is 0 Å². The highest BCUT2D eigenvalue weighted by Gasteiger charge is 2.29. The molecule has 2 atom stereocenters. The van der Waals surface area contributed by atoms with Crippen molar-refractivity contribution in [1.82, 2.24) is 9.97 Å². The van der Waals surface area contributed by atoms with Crippen molar-refractivity contribution < 1.29 is 9.18 Å². The van der Waals surface area contributed by atoms with Crippen LogP contribution >= 0.6 is 0 Å². The lowest BCUT2D eigenvalue weighted by atomic mass is 10.0. The van der Waals surface area contributed by atoms with E-state index in [1.807, 2.05) is 19.1 Å². The van der Waals surface area contributed by atoms with E-state index in [2.05, 4.69) is 27.4 Å². The van der Waals surface area contributed by atoms with Gasteiger partial charge in [0.2, 0.25) is 0 Å². The van der Waals surface area contributed by atoms with Crippen molar-refractivity contribution in [2.45, 2.75) is 45.6 Å². The van der Waals surface area contributed by atoms with Crippen LogP contribution in [0.2, 0.25) is 0 Å². The average Bonchev–Trinajstić information content (AvgIpc) is 2.72. The summed E-state index contributed by atoms with van der Waals surface area (Å²) < 4.78 is 13.2. The number of rotatable bonds is 2. The lowest BCUT2D eigenvalue weighted by Gasteiger charge is -2.35. The van der Waals surface area contributed by atoms with Gasteiger partial charge in [0.15, 0.2) is 5.82 Å². The summed E-state index contributed by atoms with van der Waals surface area (Å²) >= 11 is 0. The Labute approximate surface area is 176 Å². The van der Waals surface area contributed by atoms with Gasteiger partial charge in [-0.05, 0) is 62.8 Å². The number of piperidine rings is 1. The Morgan fingerprint density at radius 1 is 1.20 bits per heavy atom. The molecule has 1 fully saturated rings. The molecule has 1 saturated heterocycles. The number of carbonyl (C=O) groups excluding carboxylic acids is 1. The van der Waals surface area contributed by atoms with Crippen molar-refractivity contribution in [3.63, 3.8) is 0 Å². The predicted molar refractivity (Wildman–Crippen MR) is 118 cm³/mol. The minimum Gasteiger partial charge on any atom is -0.382 e. The standard InChI is InChI=1S/C22H29FN6O/c1-15-5-4-12-28(14-15)20-10-8-18-21(27-20)29(16(2)6-3-11-24-18)22(30)26-19-9-7-17(23)13-25-19/h7-10,13,15-16,24H,3-6,11-12,14H2,1-2H3,(H,25,26,30)/t15?,16-/m0/s1. The Morgan fingerprint density at radius 2 is 2.07 bits per heavy atom. The molecule has 2 aromatic rings. The number of nitrogens with one attached hydrogen (secondary N) is 2. The van der Waals surface area contributed by atoms with Gasteiger partial charge in [-0.1, -0.05) is 6.92 Å². The topological polar surface area (TPSA) is 73.4 Å². The Morgan fingerprint density at radius 3 is 2.83 bits per heavy atom. The lowest BCUT2D eigenvalue weighted by Crippen LogP contribution is -2.44. The number of anilines is 4. The molecule has 2 aromatic heterocycles. The third-order valence-electron chi connectivity index (χ3n) is 5.81. The second-order valence-electron chi connectivity index (χ2n) is 8.31. The quantitative estimate of drug-likeness (QED) is 0.761. The first kappa shape index (κ1) is 20.4. The molecule has 2 amide bonds. The maximum atomic E-state index is 13.2. The van der Waals surface area contributed by atoms with Crippen molar-refractivity contribution in [2.24, 2.45) is 5.92 Å². The number of hydrogen-bond donors (Lipinski definition) is 2. The number of pyridine rings is 2. The number of carbonyl (C=O) groups is 1. The number of aromatic nitrogens is 2. The zero-order valence-electron chi connectivity index (χ0n) is 17.6. The summed E-state index contributed by atoms with van der Waals surface area (Å²) in [5.41, 5.74) is 0.845. The van der Waals surface area contributed by atoms with Gasteiger partial charge in [0.25, 0.3) is 0 Å². The van der Waals surface area contributed by atoms with Gasteiger partial charge in [-0.15, -0.1) is 0 Å². The van der Waals surface area contributed by atoms with Crippen LogP contribution in [0.5, 0.6) is 0 Å². The molecule has 2 aliphatic heterocycles. The maximum Gasteiger partial charge on any atom is 0.328 e. The number of halogens is 1. The summed E-state index contributed by atoms with van der Waals surface area (Å²) in [6.07, 6.45) is 5.28. The van der Waals surface area contributed by atoms with Gasteiger partial charge >= 0.3 is 6.03 Å². The van der Waals surface area contributed by atoms with Crippen LogP contribution in [0.4, 0.5) is 32.3 Å². The number of nitrogens with zero attached hydrogens (tertiary/aromatic N) is 4. The molecule has 7 nitrogen and oxygen atoms in total. The fourth-order valence-electron chi connectivity index (χ4n) is 4.21. The summed E-state index contributed by atoms with van der Waals surface area (Å²) in [4.78, 5) is 26.1. The fraction of sp³-hybridized carbons (Fsp3) is 0.500. The third kappa shape index (κ3) is 4.47. The van der Waals surface area contributed by atoms with E-state index < -0.39 is 5.82 Å². The highest BCUT2D eigenvalue weighted by molar-refractivity contribution is 6.03. The van der Waals surface area contributed by atoms with Crippen LogP contribution in [0.3, 0.4) is 0 Å². The molecule has 0 saturated carbocycles. The third-order valence-corrected chi connectivity index (χ3v) is 5.81. The van der Waals surface area contributed by atoms with Gasteiger partial charge < -0.3 is 10.2 Å². The van der Waals surface area contributed by atoms with E-state index in [0.717, 1.165) is 56.6 Å². The molecule has 0 bridgehead atoms. The van der Waals surface area contributed by atoms with Gasteiger partial charge in [0.05, 0.1) is 11.9 Å². The highest BCUT2D eigenvalue weighted by Crippen LogP contribution is 2.33. The highest BCUT2D eigenvalue weighted by atomic mass is 19.1. The normalized spacial score (nSPS) is 21.8. The Bertz CT molecular complexity index is 890. The van der Waals surface area contributed by atoms with Crippen molar-refractivity contribution in [2.75, 3.05) is 40.1 Å². The van der Waals surface area contributed by atoms with Crippen LogP contribution in [0.25, 0.3) is 0 Å². The number of fused-ring (bicyclic) bond motifs is 1. The molecule has 8 heteroatoms. The molecule has 0 radical (unpaired) electrons. The summed E-state index contributed by atoms with van der Waals surface area (Å²) in [7, 11) is 0. The summed E-state index contributed by atoms with van der Waals surface area (Å²) in [5, 5.41) is 6.21. The largest absolute Gasteiger partial charge is 0.382 e. The van der Waals surface area contributed by atoms with E-state index >= 15 is 0 Å². The molecule has 30 heavy (non-hydrogen) atoms. The Balaban J connectivity index is 1.66. The van der Waals surface area contributed by atoms with Crippen LogP contribution in [-0.2, 0) is 0 Å². The second-order valence-corrected chi connectivity index (χ2v) is 8.31. The monoisotopic (exact) mass is 412 g/mol. The van der Waals surface area contributed by atoms with Gasteiger partial charge in [-0.3, -0.25) is 10.2 Å². The van der Waals surface area contributed by atoms with E-state index in [1.54, 1.807) is 4.90 Å². The zero-order chi connectivity index (χ0) is 21.1. The van der Waals surface area contributed by atoms with Crippen molar-refractivity contribution in [3.8, 4) is 0 Å². The molecule has 4 rings (SSSR count). The van der Waals surface area contributed by atoms with Crippen LogP contribution in [0.1, 0.15) is 39.5 Å². The van der Waals surface area contributed by atoms with Crippen LogP contribution < -0.4 is 20.4 Å². The first-order chi connectivity index (χ1) is 14.5. The summed E-state index contributed by atoms with van der Waals surface area (Å²) in [5.74, 6) is 2.02. The second kappa shape index (κ2) is 8.85. The molecule has 2 N–H and O–H groups in total. The lowest BCUT2D eigenvalue weighted by molar-refractivity contribution is 0.254. The minimum absolute atomic E-state index is 0.0330. The van der Waals surface area contributed by atoms with Crippen molar-refractivity contribution >= 4 is 29.2 Å². The van der Waals surface area contributed by atoms with Gasteiger partial charge in [-0.25, -0.2) is 19.2 Å². The van der Waals surface area contributed by atoms with Crippen molar-refractivity contribution in [3.05, 3.63) is 36.3 Å². The maximum absolute atomic E-state index is 13.2. The molecule has 1 unspecified atom stereocenters. The SMILES string of the molecule is CC1CCCN(c2ccc3c(n2)N(C(=O)Nc2ccc(F)cn2)[C@@H](C)CCCN3)C1. The molecule has 0 aliphatic carbocycles. The van der Waals surface area contributed by atoms with E-state index in [1.165, 1.54) is 18.6 Å². The molecular formula is C22H29FN6O. The summed E-state index contributed by atoms with van der Waals surface area (Å²) in [6.45, 7) is 7.09. The fourth-order valence-corrected chi connectivity index (χ4v) is 4.21. The molecule has 2 aliphatic rings. The van der Waals surface area contributed by atoms with Gasteiger partial charge in [0, 0.05) is 25.7 Å². The van der Waals surface area contributed by atoms with Crippen LogP contribution in [0.15, 0.2) is 30.5 Å². The number of urea groups is 1. The smallest absolute Gasteiger partial charge is 0.328 e. The Hall–Kier alpha value is -2.90. The average molecular weight is 413 g/mol. The van der Waals surface area contributed by atoms with Crippen LogP contribution in [0, 0.1) is 11.7 Å². The minimum atomic E-state index is -0.441. The predicted octanol–water partition coefficient (Wildman–Crippen LogP) is 4.48. The zero-order valence-corrected chi connectivity index (χ0v) is 17.6. The number of hydrogen-bond acceptors (Lipinski definition) is 5. The first-order valence-electron chi connectivity index (χ1n) is 10.7. The van der Waals surface area contributed by atoms with E-state index in [0.29, 0.717) is 17.6 Å². The first-order valence-corrected chi connectivity index (χ1v) is 10.7. The van der Waals surface area contributed by atoms with E-state index in [9.17, 15) is 9.18 Å². The molecule has 4 heterocycles. The molecule has 0 aromatic carbocycles. The molecule has 160 valence electrons. The summed E-state index contributed by atoms with van der Waals surface area (Å²) in [6, 6.07) is 6.44. The number of amides is 2. The van der Waals surface area contributed by atoms with E-state index in [4.69, 9.17) is 4.98 Å². The molecular weight excluding hydrogens is 383 g/mol. The van der Waals surface area contributed by atoms with Gasteiger partial charge in [-0.2, -0.15) is 0 Å².